The first-order valence-corrected chi connectivity index (χ1v) is 8.79. The topological polar surface area (TPSA) is 61.4 Å². The highest BCUT2D eigenvalue weighted by molar-refractivity contribution is 7.08. The fraction of sp³-hybridized carbons (Fsp3) is 0.389. The average molecular weight is 330 g/mol. The fourth-order valence-electron chi connectivity index (χ4n) is 3.13. The number of carbonyl (C=O) groups is 1. The van der Waals surface area contributed by atoms with E-state index in [-0.39, 0.29) is 18.6 Å². The minimum absolute atomic E-state index is 0.0253. The Labute approximate surface area is 140 Å². The third kappa shape index (κ3) is 3.41. The van der Waals surface area contributed by atoms with E-state index >= 15 is 0 Å². The van der Waals surface area contributed by atoms with E-state index in [9.17, 15) is 9.90 Å². The van der Waals surface area contributed by atoms with E-state index in [2.05, 4.69) is 29.7 Å². The van der Waals surface area contributed by atoms with Gasteiger partial charge in [-0.05, 0) is 52.8 Å². The molecule has 0 bridgehead atoms. The van der Waals surface area contributed by atoms with Crippen molar-refractivity contribution in [2.75, 3.05) is 6.54 Å². The van der Waals surface area contributed by atoms with Crippen LogP contribution in [0, 0.1) is 5.92 Å². The van der Waals surface area contributed by atoms with Crippen molar-refractivity contribution < 1.29 is 9.90 Å². The highest BCUT2D eigenvalue weighted by Gasteiger charge is 2.31. The van der Waals surface area contributed by atoms with E-state index < -0.39 is 5.60 Å². The normalized spacial score (nSPS) is 22.2. The van der Waals surface area contributed by atoms with Crippen LogP contribution in [0.3, 0.4) is 0 Å². The summed E-state index contributed by atoms with van der Waals surface area (Å²) < 4.78 is 0. The molecule has 2 aromatic rings. The zero-order valence-corrected chi connectivity index (χ0v) is 14.2. The molecule has 0 saturated carbocycles. The molecule has 23 heavy (non-hydrogen) atoms. The summed E-state index contributed by atoms with van der Waals surface area (Å²) in [5.41, 5.74) is 2.26. The largest absolute Gasteiger partial charge is 0.384 e. The molecule has 5 heteroatoms. The van der Waals surface area contributed by atoms with Crippen LogP contribution >= 0.6 is 11.3 Å². The summed E-state index contributed by atoms with van der Waals surface area (Å²) in [6.07, 6.45) is 0.980. The second-order valence-corrected chi connectivity index (χ2v) is 7.25. The number of hydrogen-bond donors (Lipinski definition) is 3. The molecule has 0 radical (unpaired) electrons. The molecule has 1 aromatic carbocycles. The van der Waals surface area contributed by atoms with Crippen LogP contribution in [0.25, 0.3) is 0 Å². The molecule has 3 N–H and O–H groups in total. The van der Waals surface area contributed by atoms with Gasteiger partial charge in [0.05, 0.1) is 12.6 Å². The molecule has 0 fully saturated rings. The Balaban J connectivity index is 1.60. The van der Waals surface area contributed by atoms with Crippen molar-refractivity contribution >= 4 is 17.4 Å². The Bertz CT molecular complexity index is 682. The van der Waals surface area contributed by atoms with E-state index in [1.54, 1.807) is 6.92 Å². The quantitative estimate of drug-likeness (QED) is 0.806. The van der Waals surface area contributed by atoms with Gasteiger partial charge < -0.3 is 15.7 Å². The summed E-state index contributed by atoms with van der Waals surface area (Å²) in [4.78, 5) is 12.2. The van der Waals surface area contributed by atoms with Gasteiger partial charge in [-0.1, -0.05) is 31.2 Å². The van der Waals surface area contributed by atoms with Gasteiger partial charge in [0, 0.05) is 0 Å². The van der Waals surface area contributed by atoms with Crippen LogP contribution in [0.2, 0.25) is 0 Å². The van der Waals surface area contributed by atoms with Crippen LogP contribution < -0.4 is 10.6 Å². The smallest absolute Gasteiger partial charge is 0.315 e. The first kappa shape index (κ1) is 16.0. The van der Waals surface area contributed by atoms with Gasteiger partial charge >= 0.3 is 6.03 Å². The van der Waals surface area contributed by atoms with Crippen molar-refractivity contribution in [2.45, 2.75) is 31.9 Å². The van der Waals surface area contributed by atoms with E-state index in [0.29, 0.717) is 5.92 Å². The Hall–Kier alpha value is -1.85. The van der Waals surface area contributed by atoms with Crippen molar-refractivity contribution in [1.29, 1.82) is 0 Å². The Morgan fingerprint density at radius 2 is 2.17 bits per heavy atom. The number of benzene rings is 1. The van der Waals surface area contributed by atoms with Crippen LogP contribution in [0.4, 0.5) is 4.79 Å². The molecule has 3 rings (SSSR count). The molecule has 3 unspecified atom stereocenters. The molecular weight excluding hydrogens is 308 g/mol. The lowest BCUT2D eigenvalue weighted by Crippen LogP contribution is -2.45. The van der Waals surface area contributed by atoms with Crippen molar-refractivity contribution in [3.8, 4) is 0 Å². The Kier molecular flexibility index (Phi) is 4.41. The van der Waals surface area contributed by atoms with Gasteiger partial charge in [-0.3, -0.25) is 0 Å². The van der Waals surface area contributed by atoms with E-state index in [4.69, 9.17) is 0 Å². The molecule has 0 aliphatic heterocycles. The number of thiophene rings is 1. The molecule has 3 atom stereocenters. The number of amides is 2. The van der Waals surface area contributed by atoms with Gasteiger partial charge in [-0.15, -0.1) is 0 Å². The van der Waals surface area contributed by atoms with Gasteiger partial charge in [0.25, 0.3) is 0 Å². The number of fused-ring (bicyclic) bond motifs is 1. The van der Waals surface area contributed by atoms with Gasteiger partial charge in [0.15, 0.2) is 0 Å². The summed E-state index contributed by atoms with van der Waals surface area (Å²) in [6, 6.07) is 9.89. The van der Waals surface area contributed by atoms with E-state index in [1.807, 2.05) is 29.0 Å². The van der Waals surface area contributed by atoms with E-state index in [1.165, 1.54) is 22.5 Å². The van der Waals surface area contributed by atoms with Crippen LogP contribution in [0.1, 0.15) is 36.6 Å². The van der Waals surface area contributed by atoms with Gasteiger partial charge in [-0.25, -0.2) is 4.79 Å². The third-order valence-electron chi connectivity index (χ3n) is 4.52. The van der Waals surface area contributed by atoms with Gasteiger partial charge in [0.2, 0.25) is 0 Å². The molecule has 1 heterocycles. The lowest BCUT2D eigenvalue weighted by molar-refractivity contribution is 0.0596. The lowest BCUT2D eigenvalue weighted by Gasteiger charge is -2.24. The van der Waals surface area contributed by atoms with Crippen molar-refractivity contribution in [3.05, 3.63) is 57.8 Å². The molecule has 122 valence electrons. The zero-order chi connectivity index (χ0) is 16.4. The molecule has 1 aliphatic carbocycles. The van der Waals surface area contributed by atoms with Crippen LogP contribution in [0.5, 0.6) is 0 Å². The Morgan fingerprint density at radius 1 is 1.39 bits per heavy atom. The number of urea groups is 1. The predicted molar refractivity (Wildman–Crippen MR) is 92.5 cm³/mol. The van der Waals surface area contributed by atoms with Crippen LogP contribution in [0.15, 0.2) is 41.1 Å². The Morgan fingerprint density at radius 3 is 2.91 bits per heavy atom. The number of carbonyl (C=O) groups excluding carboxylic acids is 1. The highest BCUT2D eigenvalue weighted by atomic mass is 32.1. The lowest BCUT2D eigenvalue weighted by atomic mass is 9.99. The second kappa shape index (κ2) is 6.34. The molecule has 0 spiro atoms. The fourth-order valence-corrected chi connectivity index (χ4v) is 3.92. The monoisotopic (exact) mass is 330 g/mol. The first-order valence-electron chi connectivity index (χ1n) is 7.84. The standard InChI is InChI=1S/C18H22N2O2S/c1-12-9-13-5-3-4-6-15(13)16(12)20-17(21)19-11-18(2,22)14-7-8-23-10-14/h3-8,10,12,16,22H,9,11H2,1-2H3,(H2,19,20,21). The number of hydrogen-bond acceptors (Lipinski definition) is 3. The van der Waals surface area contributed by atoms with Gasteiger partial charge in [0.1, 0.15) is 5.60 Å². The number of rotatable bonds is 4. The summed E-state index contributed by atoms with van der Waals surface area (Å²) >= 11 is 1.53. The average Bonchev–Trinajstić information content (AvgIpc) is 3.15. The minimum atomic E-state index is -1.06. The van der Waals surface area contributed by atoms with Crippen molar-refractivity contribution in [3.63, 3.8) is 0 Å². The maximum absolute atomic E-state index is 12.2. The SMILES string of the molecule is CC1Cc2ccccc2C1NC(=O)NCC(C)(O)c1ccsc1. The van der Waals surface area contributed by atoms with E-state index in [0.717, 1.165) is 12.0 Å². The summed E-state index contributed by atoms with van der Waals surface area (Å²) in [6.45, 7) is 4.04. The molecule has 1 aliphatic rings. The molecule has 1 aromatic heterocycles. The maximum Gasteiger partial charge on any atom is 0.315 e. The molecule has 0 saturated heterocycles. The molecule has 2 amide bonds. The van der Waals surface area contributed by atoms with Crippen molar-refractivity contribution in [2.24, 2.45) is 5.92 Å². The number of aliphatic hydroxyl groups is 1. The molecule has 4 nitrogen and oxygen atoms in total. The maximum atomic E-state index is 12.2. The second-order valence-electron chi connectivity index (χ2n) is 6.47. The highest BCUT2D eigenvalue weighted by Crippen LogP contribution is 2.35. The minimum Gasteiger partial charge on any atom is -0.384 e. The van der Waals surface area contributed by atoms with Crippen LogP contribution in [-0.2, 0) is 12.0 Å². The number of nitrogens with one attached hydrogen (secondary N) is 2. The van der Waals surface area contributed by atoms with Gasteiger partial charge in [-0.2, -0.15) is 11.3 Å². The predicted octanol–water partition coefficient (Wildman–Crippen LogP) is 3.19. The summed E-state index contributed by atoms with van der Waals surface area (Å²) in [5, 5.41) is 20.1. The molecular formula is C18H22N2O2S. The third-order valence-corrected chi connectivity index (χ3v) is 5.21. The first-order chi connectivity index (χ1) is 11.0. The van der Waals surface area contributed by atoms with Crippen LogP contribution in [-0.4, -0.2) is 17.7 Å². The zero-order valence-electron chi connectivity index (χ0n) is 13.4. The summed E-state index contributed by atoms with van der Waals surface area (Å²) in [7, 11) is 0. The summed E-state index contributed by atoms with van der Waals surface area (Å²) in [5.74, 6) is 0.371. The van der Waals surface area contributed by atoms with Crippen molar-refractivity contribution in [1.82, 2.24) is 10.6 Å².